The van der Waals surface area contributed by atoms with E-state index in [4.69, 9.17) is 5.73 Å². The van der Waals surface area contributed by atoms with Crippen molar-refractivity contribution < 1.29 is 4.79 Å². The molecule has 19 heavy (non-hydrogen) atoms. The quantitative estimate of drug-likeness (QED) is 0.660. The highest BCUT2D eigenvalue weighted by Crippen LogP contribution is 2.15. The Morgan fingerprint density at radius 3 is 2.74 bits per heavy atom. The summed E-state index contributed by atoms with van der Waals surface area (Å²) in [5.41, 5.74) is 5.85. The maximum atomic E-state index is 11.6. The zero-order valence-electron chi connectivity index (χ0n) is 12.7. The fourth-order valence-corrected chi connectivity index (χ4v) is 2.60. The average Bonchev–Trinajstić information content (AvgIpc) is 2.37. The summed E-state index contributed by atoms with van der Waals surface area (Å²) in [6.45, 7) is 8.75. The van der Waals surface area contributed by atoms with Crippen LogP contribution in [0.3, 0.4) is 0 Å². The molecule has 0 aliphatic carbocycles. The number of nitrogens with one attached hydrogen (secondary N) is 1. The molecular formula is C15H31N3O. The highest BCUT2D eigenvalue weighted by Gasteiger charge is 2.15. The highest BCUT2D eigenvalue weighted by atomic mass is 16.1. The highest BCUT2D eigenvalue weighted by molar-refractivity contribution is 5.76. The van der Waals surface area contributed by atoms with Crippen molar-refractivity contribution in [3.8, 4) is 0 Å². The van der Waals surface area contributed by atoms with Gasteiger partial charge in [0.25, 0.3) is 0 Å². The second-order valence-electron chi connectivity index (χ2n) is 5.98. The summed E-state index contributed by atoms with van der Waals surface area (Å²) >= 11 is 0. The molecule has 1 unspecified atom stereocenters. The molecular weight excluding hydrogens is 238 g/mol. The maximum absolute atomic E-state index is 11.6. The van der Waals surface area contributed by atoms with Gasteiger partial charge in [0.05, 0.1) is 0 Å². The van der Waals surface area contributed by atoms with Crippen LogP contribution in [0, 0.1) is 5.92 Å². The van der Waals surface area contributed by atoms with Crippen molar-refractivity contribution >= 4 is 5.91 Å². The summed E-state index contributed by atoms with van der Waals surface area (Å²) in [7, 11) is 0. The minimum absolute atomic E-state index is 0.0218. The van der Waals surface area contributed by atoms with Crippen LogP contribution in [0.5, 0.6) is 0 Å². The van der Waals surface area contributed by atoms with Crippen LogP contribution in [-0.2, 0) is 4.79 Å². The predicted octanol–water partition coefficient (Wildman–Crippen LogP) is 1.74. The van der Waals surface area contributed by atoms with Crippen LogP contribution in [0.4, 0.5) is 0 Å². The maximum Gasteiger partial charge on any atom is 0.221 e. The van der Waals surface area contributed by atoms with Crippen LogP contribution < -0.4 is 11.1 Å². The number of nitrogens with zero attached hydrogens (tertiary/aromatic N) is 1. The minimum atomic E-state index is 0.0218. The molecule has 1 saturated heterocycles. The Kier molecular flexibility index (Phi) is 8.07. The first-order valence-corrected chi connectivity index (χ1v) is 7.86. The molecule has 4 heteroatoms. The van der Waals surface area contributed by atoms with Crippen molar-refractivity contribution in [2.75, 3.05) is 26.2 Å². The third kappa shape index (κ3) is 7.53. The molecule has 3 N–H and O–H groups in total. The molecule has 0 aromatic heterocycles. The molecule has 0 bridgehead atoms. The van der Waals surface area contributed by atoms with Crippen molar-refractivity contribution in [3.05, 3.63) is 0 Å². The van der Waals surface area contributed by atoms with E-state index in [0.29, 0.717) is 6.42 Å². The molecule has 4 nitrogen and oxygen atoms in total. The lowest BCUT2D eigenvalue weighted by Gasteiger charge is -2.30. The molecule has 1 heterocycles. The number of amides is 1. The Morgan fingerprint density at radius 2 is 2.11 bits per heavy atom. The van der Waals surface area contributed by atoms with E-state index in [1.54, 1.807) is 0 Å². The third-order valence-electron chi connectivity index (χ3n) is 3.96. The third-order valence-corrected chi connectivity index (χ3v) is 3.96. The standard InChI is InChI=1S/C15H31N3O/c1-3-5-14(16)12-15(19)17-8-4-9-18-10-6-13(2)7-11-18/h13-14H,3-12,16H2,1-2H3,(H,17,19). The summed E-state index contributed by atoms with van der Waals surface area (Å²) in [5, 5.41) is 2.97. The van der Waals surface area contributed by atoms with Gasteiger partial charge in [-0.1, -0.05) is 20.3 Å². The van der Waals surface area contributed by atoms with Gasteiger partial charge in [-0.25, -0.2) is 0 Å². The Morgan fingerprint density at radius 1 is 1.42 bits per heavy atom. The summed E-state index contributed by atoms with van der Waals surface area (Å²) in [6, 6.07) is 0.0218. The zero-order valence-corrected chi connectivity index (χ0v) is 12.7. The Bertz CT molecular complexity index is 250. The van der Waals surface area contributed by atoms with Crippen molar-refractivity contribution in [2.45, 2.75) is 58.4 Å². The van der Waals surface area contributed by atoms with Gasteiger partial charge in [-0.05, 0) is 51.2 Å². The molecule has 1 atom stereocenters. The number of carbonyl (C=O) groups is 1. The van der Waals surface area contributed by atoms with Gasteiger partial charge in [0.15, 0.2) is 0 Å². The van der Waals surface area contributed by atoms with E-state index >= 15 is 0 Å². The Hall–Kier alpha value is -0.610. The van der Waals surface area contributed by atoms with Crippen molar-refractivity contribution in [1.29, 1.82) is 0 Å². The second-order valence-corrected chi connectivity index (χ2v) is 5.98. The normalized spacial score (nSPS) is 19.3. The largest absolute Gasteiger partial charge is 0.356 e. The molecule has 0 aromatic rings. The minimum Gasteiger partial charge on any atom is -0.356 e. The number of hydrogen-bond donors (Lipinski definition) is 2. The SMILES string of the molecule is CCCC(N)CC(=O)NCCCN1CCC(C)CC1. The van der Waals surface area contributed by atoms with Gasteiger partial charge in [0, 0.05) is 19.0 Å². The van der Waals surface area contributed by atoms with E-state index in [1.165, 1.54) is 25.9 Å². The summed E-state index contributed by atoms with van der Waals surface area (Å²) in [6.07, 6.45) is 6.12. The van der Waals surface area contributed by atoms with Gasteiger partial charge in [0.2, 0.25) is 5.91 Å². The fraction of sp³-hybridized carbons (Fsp3) is 0.933. The predicted molar refractivity (Wildman–Crippen MR) is 80.0 cm³/mol. The Balaban J connectivity index is 1.99. The molecule has 1 fully saturated rings. The summed E-state index contributed by atoms with van der Waals surface area (Å²) in [5.74, 6) is 0.990. The topological polar surface area (TPSA) is 58.4 Å². The molecule has 1 amide bonds. The van der Waals surface area contributed by atoms with Crippen molar-refractivity contribution in [1.82, 2.24) is 10.2 Å². The molecule has 1 aliphatic heterocycles. The first kappa shape index (κ1) is 16.4. The lowest BCUT2D eigenvalue weighted by Crippen LogP contribution is -2.36. The first-order chi connectivity index (χ1) is 9.11. The summed E-state index contributed by atoms with van der Waals surface area (Å²) < 4.78 is 0. The van der Waals surface area contributed by atoms with E-state index in [1.807, 2.05) is 0 Å². The molecule has 0 saturated carbocycles. The van der Waals surface area contributed by atoms with E-state index in [2.05, 4.69) is 24.1 Å². The van der Waals surface area contributed by atoms with Crippen LogP contribution in [0.25, 0.3) is 0 Å². The van der Waals surface area contributed by atoms with Gasteiger partial charge in [-0.3, -0.25) is 4.79 Å². The van der Waals surface area contributed by atoms with Crippen LogP contribution in [0.1, 0.15) is 52.4 Å². The number of piperidine rings is 1. The molecule has 1 aliphatic rings. The molecule has 1 rings (SSSR count). The van der Waals surface area contributed by atoms with E-state index in [9.17, 15) is 4.79 Å². The van der Waals surface area contributed by atoms with Crippen molar-refractivity contribution in [2.24, 2.45) is 11.7 Å². The lowest BCUT2D eigenvalue weighted by molar-refractivity contribution is -0.121. The smallest absolute Gasteiger partial charge is 0.221 e. The number of likely N-dealkylation sites (tertiary alicyclic amines) is 1. The van der Waals surface area contributed by atoms with Crippen LogP contribution >= 0.6 is 0 Å². The number of carbonyl (C=O) groups excluding carboxylic acids is 1. The van der Waals surface area contributed by atoms with Gasteiger partial charge in [-0.15, -0.1) is 0 Å². The lowest BCUT2D eigenvalue weighted by atomic mass is 9.99. The molecule has 0 spiro atoms. The van der Waals surface area contributed by atoms with Gasteiger partial charge < -0.3 is 16.0 Å². The van der Waals surface area contributed by atoms with Gasteiger partial charge in [0.1, 0.15) is 0 Å². The number of nitrogens with two attached hydrogens (primary N) is 1. The molecule has 112 valence electrons. The van der Waals surface area contributed by atoms with Gasteiger partial charge >= 0.3 is 0 Å². The average molecular weight is 269 g/mol. The van der Waals surface area contributed by atoms with E-state index in [0.717, 1.165) is 38.3 Å². The van der Waals surface area contributed by atoms with E-state index in [-0.39, 0.29) is 11.9 Å². The first-order valence-electron chi connectivity index (χ1n) is 7.86. The molecule has 0 aromatic carbocycles. The Labute approximate surface area is 118 Å². The zero-order chi connectivity index (χ0) is 14.1. The number of rotatable bonds is 8. The summed E-state index contributed by atoms with van der Waals surface area (Å²) in [4.78, 5) is 14.1. The monoisotopic (exact) mass is 269 g/mol. The van der Waals surface area contributed by atoms with Crippen LogP contribution in [0.2, 0.25) is 0 Å². The van der Waals surface area contributed by atoms with Gasteiger partial charge in [-0.2, -0.15) is 0 Å². The molecule has 0 radical (unpaired) electrons. The van der Waals surface area contributed by atoms with Crippen molar-refractivity contribution in [3.63, 3.8) is 0 Å². The number of hydrogen-bond acceptors (Lipinski definition) is 3. The van der Waals surface area contributed by atoms with E-state index < -0.39 is 0 Å². The second kappa shape index (κ2) is 9.32. The van der Waals surface area contributed by atoms with Crippen LogP contribution in [0.15, 0.2) is 0 Å². The van der Waals surface area contributed by atoms with Crippen LogP contribution in [-0.4, -0.2) is 43.0 Å². The fourth-order valence-electron chi connectivity index (χ4n) is 2.60.